The van der Waals surface area contributed by atoms with Gasteiger partial charge in [-0.1, -0.05) is 19.3 Å². The smallest absolute Gasteiger partial charge is 0.186 e. The van der Waals surface area contributed by atoms with Crippen LogP contribution < -0.4 is 0 Å². The predicted molar refractivity (Wildman–Crippen MR) is 61.7 cm³/mol. The Kier molecular flexibility index (Phi) is 4.94. The van der Waals surface area contributed by atoms with E-state index in [-0.39, 0.29) is 6.10 Å². The number of rotatable bonds is 3. The average molecular weight is 262 g/mol. The molecule has 0 radical (unpaired) electrons. The van der Waals surface area contributed by atoms with Crippen molar-refractivity contribution in [2.75, 3.05) is 6.61 Å². The van der Waals surface area contributed by atoms with Gasteiger partial charge in [-0.25, -0.2) is 0 Å². The van der Waals surface area contributed by atoms with Crippen molar-refractivity contribution < 1.29 is 29.9 Å². The predicted octanol–water partition coefficient (Wildman–Crippen LogP) is -0.864. The fraction of sp³-hybridized carbons (Fsp3) is 1.00. The lowest BCUT2D eigenvalue weighted by atomic mass is 9.96. The lowest BCUT2D eigenvalue weighted by Gasteiger charge is -2.41. The molecule has 0 aromatic rings. The van der Waals surface area contributed by atoms with E-state index in [4.69, 9.17) is 14.6 Å². The molecule has 1 aliphatic heterocycles. The van der Waals surface area contributed by atoms with Crippen molar-refractivity contribution in [3.63, 3.8) is 0 Å². The highest BCUT2D eigenvalue weighted by Gasteiger charge is 2.44. The van der Waals surface area contributed by atoms with Crippen LogP contribution in [0.2, 0.25) is 0 Å². The first-order valence-corrected chi connectivity index (χ1v) is 6.59. The zero-order chi connectivity index (χ0) is 13.1. The van der Waals surface area contributed by atoms with E-state index < -0.39 is 37.3 Å². The third-order valence-corrected chi connectivity index (χ3v) is 3.73. The number of aliphatic hydroxyl groups excluding tert-OH is 4. The molecule has 4 N–H and O–H groups in total. The quantitative estimate of drug-likeness (QED) is 0.528. The molecule has 0 aromatic heterocycles. The zero-order valence-electron chi connectivity index (χ0n) is 10.3. The average Bonchev–Trinajstić information content (AvgIpc) is 2.40. The Morgan fingerprint density at radius 2 is 1.61 bits per heavy atom. The lowest BCUT2D eigenvalue weighted by molar-refractivity contribution is -0.312. The molecule has 0 bridgehead atoms. The van der Waals surface area contributed by atoms with Crippen molar-refractivity contribution >= 4 is 0 Å². The van der Waals surface area contributed by atoms with E-state index in [1.54, 1.807) is 0 Å². The minimum Gasteiger partial charge on any atom is -0.394 e. The summed E-state index contributed by atoms with van der Waals surface area (Å²) in [5.74, 6) is 0. The van der Waals surface area contributed by atoms with Crippen molar-refractivity contribution in [2.45, 2.75) is 68.9 Å². The summed E-state index contributed by atoms with van der Waals surface area (Å²) in [6.45, 7) is -0.421. The van der Waals surface area contributed by atoms with E-state index >= 15 is 0 Å². The molecule has 2 aliphatic rings. The first-order chi connectivity index (χ1) is 8.63. The van der Waals surface area contributed by atoms with Crippen LogP contribution in [0.25, 0.3) is 0 Å². The van der Waals surface area contributed by atoms with Gasteiger partial charge in [0.1, 0.15) is 24.4 Å². The Balaban J connectivity index is 1.93. The van der Waals surface area contributed by atoms with E-state index in [0.29, 0.717) is 0 Å². The molecule has 6 nitrogen and oxygen atoms in total. The van der Waals surface area contributed by atoms with Gasteiger partial charge < -0.3 is 29.9 Å². The Bertz CT molecular complexity index is 253. The normalized spacial score (nSPS) is 43.0. The van der Waals surface area contributed by atoms with Crippen LogP contribution in [0.1, 0.15) is 32.1 Å². The Morgan fingerprint density at radius 3 is 2.22 bits per heavy atom. The molecular weight excluding hydrogens is 240 g/mol. The number of ether oxygens (including phenoxy) is 2. The van der Waals surface area contributed by atoms with Gasteiger partial charge >= 0.3 is 0 Å². The first kappa shape index (κ1) is 14.2. The lowest BCUT2D eigenvalue weighted by Crippen LogP contribution is -2.59. The number of hydrogen-bond donors (Lipinski definition) is 4. The molecule has 1 saturated heterocycles. The standard InChI is InChI=1S/C12H22O6/c13-6-8-9(14)10(15)11(16)12(18-8)17-7-4-2-1-3-5-7/h7-16H,1-6H2/t8-,9+,10+,11-,12-/m0/s1. The molecule has 0 aromatic carbocycles. The fourth-order valence-electron chi connectivity index (χ4n) is 2.57. The van der Waals surface area contributed by atoms with E-state index in [1.165, 1.54) is 6.42 Å². The van der Waals surface area contributed by atoms with Gasteiger partial charge in [-0.15, -0.1) is 0 Å². The van der Waals surface area contributed by atoms with Crippen LogP contribution in [0, 0.1) is 0 Å². The molecule has 1 aliphatic carbocycles. The van der Waals surface area contributed by atoms with Crippen molar-refractivity contribution in [2.24, 2.45) is 0 Å². The van der Waals surface area contributed by atoms with Crippen molar-refractivity contribution in [1.82, 2.24) is 0 Å². The topological polar surface area (TPSA) is 99.4 Å². The van der Waals surface area contributed by atoms with Gasteiger partial charge in [0.2, 0.25) is 0 Å². The van der Waals surface area contributed by atoms with E-state index in [0.717, 1.165) is 25.7 Å². The summed E-state index contributed by atoms with van der Waals surface area (Å²) in [5, 5.41) is 38.1. The second kappa shape index (κ2) is 6.27. The number of hydrogen-bond acceptors (Lipinski definition) is 6. The van der Waals surface area contributed by atoms with Crippen molar-refractivity contribution in [1.29, 1.82) is 0 Å². The molecule has 1 heterocycles. The van der Waals surface area contributed by atoms with Gasteiger partial charge in [0.15, 0.2) is 6.29 Å². The van der Waals surface area contributed by atoms with Crippen LogP contribution in [0.3, 0.4) is 0 Å². The SMILES string of the molecule is OC[C@@H]1O[C@H](OC2CCCCC2)[C@@H](O)[C@H](O)[C@@H]1O. The van der Waals surface area contributed by atoms with Gasteiger partial charge in [-0.3, -0.25) is 0 Å². The maximum absolute atomic E-state index is 9.81. The third-order valence-electron chi connectivity index (χ3n) is 3.73. The van der Waals surface area contributed by atoms with Gasteiger partial charge in [-0.2, -0.15) is 0 Å². The second-order valence-electron chi connectivity index (χ2n) is 5.09. The van der Waals surface area contributed by atoms with Gasteiger partial charge in [0.25, 0.3) is 0 Å². The maximum atomic E-state index is 9.81. The third kappa shape index (κ3) is 3.01. The van der Waals surface area contributed by atoms with Gasteiger partial charge in [0, 0.05) is 0 Å². The monoisotopic (exact) mass is 262 g/mol. The molecule has 1 saturated carbocycles. The summed E-state index contributed by atoms with van der Waals surface area (Å²) in [4.78, 5) is 0. The summed E-state index contributed by atoms with van der Waals surface area (Å²) in [6, 6.07) is 0. The minimum absolute atomic E-state index is 0.0141. The van der Waals surface area contributed by atoms with Crippen molar-refractivity contribution in [3.05, 3.63) is 0 Å². The largest absolute Gasteiger partial charge is 0.394 e. The summed E-state index contributed by atoms with van der Waals surface area (Å²) >= 11 is 0. The highest BCUT2D eigenvalue weighted by atomic mass is 16.7. The molecule has 106 valence electrons. The molecule has 6 heteroatoms. The van der Waals surface area contributed by atoms with E-state index in [9.17, 15) is 15.3 Å². The molecule has 0 unspecified atom stereocenters. The second-order valence-corrected chi connectivity index (χ2v) is 5.09. The minimum atomic E-state index is -1.36. The fourth-order valence-corrected chi connectivity index (χ4v) is 2.57. The Labute approximate surface area is 106 Å². The molecular formula is C12H22O6. The molecule has 2 rings (SSSR count). The van der Waals surface area contributed by atoms with Crippen LogP contribution in [0.4, 0.5) is 0 Å². The van der Waals surface area contributed by atoms with Crippen LogP contribution in [-0.2, 0) is 9.47 Å². The van der Waals surface area contributed by atoms with Gasteiger partial charge in [-0.05, 0) is 12.8 Å². The summed E-state index contributed by atoms with van der Waals surface area (Å²) in [7, 11) is 0. The summed E-state index contributed by atoms with van der Waals surface area (Å²) < 4.78 is 10.9. The first-order valence-electron chi connectivity index (χ1n) is 6.59. The highest BCUT2D eigenvalue weighted by molar-refractivity contribution is 4.89. The molecule has 0 amide bonds. The highest BCUT2D eigenvalue weighted by Crippen LogP contribution is 2.27. The van der Waals surface area contributed by atoms with Crippen molar-refractivity contribution in [3.8, 4) is 0 Å². The summed E-state index contributed by atoms with van der Waals surface area (Å²) in [5.41, 5.74) is 0. The van der Waals surface area contributed by atoms with E-state index in [1.807, 2.05) is 0 Å². The maximum Gasteiger partial charge on any atom is 0.186 e. The van der Waals surface area contributed by atoms with Crippen LogP contribution >= 0.6 is 0 Å². The summed E-state index contributed by atoms with van der Waals surface area (Å²) in [6.07, 6.45) is -0.644. The molecule has 18 heavy (non-hydrogen) atoms. The molecule has 0 spiro atoms. The van der Waals surface area contributed by atoms with Crippen LogP contribution in [0.5, 0.6) is 0 Å². The number of aliphatic hydroxyl groups is 4. The molecule has 2 fully saturated rings. The van der Waals surface area contributed by atoms with Crippen LogP contribution in [-0.4, -0.2) is 63.8 Å². The Morgan fingerprint density at radius 1 is 0.944 bits per heavy atom. The Hall–Kier alpha value is -0.240. The molecule has 5 atom stereocenters. The van der Waals surface area contributed by atoms with Crippen LogP contribution in [0.15, 0.2) is 0 Å². The van der Waals surface area contributed by atoms with E-state index in [2.05, 4.69) is 0 Å². The van der Waals surface area contributed by atoms with Gasteiger partial charge in [0.05, 0.1) is 12.7 Å². The zero-order valence-corrected chi connectivity index (χ0v) is 10.3.